The zero-order valence-electron chi connectivity index (χ0n) is 10.3. The Morgan fingerprint density at radius 3 is 2.47 bits per heavy atom. The van der Waals surface area contributed by atoms with Gasteiger partial charge in [0.25, 0.3) is 5.91 Å². The molecule has 0 heterocycles. The van der Waals surface area contributed by atoms with Crippen LogP contribution in [0.4, 0.5) is 13.2 Å². The van der Waals surface area contributed by atoms with Gasteiger partial charge in [-0.3, -0.25) is 4.79 Å². The van der Waals surface area contributed by atoms with Gasteiger partial charge in [0.05, 0.1) is 11.1 Å². The molecule has 1 N–H and O–H groups in total. The largest absolute Gasteiger partial charge is 0.417 e. The van der Waals surface area contributed by atoms with E-state index < -0.39 is 17.6 Å². The van der Waals surface area contributed by atoms with Gasteiger partial charge in [-0.05, 0) is 54.2 Å². The van der Waals surface area contributed by atoms with Crippen LogP contribution in [0.15, 0.2) is 22.7 Å². The molecule has 1 aromatic carbocycles. The number of benzene rings is 1. The topological polar surface area (TPSA) is 29.1 Å². The third-order valence-electron chi connectivity index (χ3n) is 3.42. The molecule has 0 bridgehead atoms. The van der Waals surface area contributed by atoms with Crippen molar-refractivity contribution in [2.45, 2.75) is 37.9 Å². The van der Waals surface area contributed by atoms with Crippen molar-refractivity contribution >= 4 is 21.8 Å². The van der Waals surface area contributed by atoms with Crippen molar-refractivity contribution in [2.75, 3.05) is 0 Å². The Morgan fingerprint density at radius 2 is 2.00 bits per heavy atom. The maximum absolute atomic E-state index is 12.7. The summed E-state index contributed by atoms with van der Waals surface area (Å²) in [5, 5.41) is 2.79. The molecule has 0 aromatic heterocycles. The molecule has 6 heteroatoms. The Hall–Kier alpha value is -1.04. The number of carbonyl (C=O) groups is 1. The third kappa shape index (κ3) is 2.94. The van der Waals surface area contributed by atoms with Gasteiger partial charge in [-0.1, -0.05) is 6.07 Å². The standard InChI is InChI=1S/C13H13BrF3NO/c1-12(6-3-7-12)18-11(19)8-4-2-5-9(10(8)14)13(15,16)17/h2,4-5H,3,6-7H2,1H3,(H,18,19). The summed E-state index contributed by atoms with van der Waals surface area (Å²) in [6, 6.07) is 3.58. The number of carbonyl (C=O) groups excluding carboxylic acids is 1. The van der Waals surface area contributed by atoms with Crippen molar-refractivity contribution in [1.29, 1.82) is 0 Å². The van der Waals surface area contributed by atoms with E-state index in [1.54, 1.807) is 0 Å². The number of nitrogens with one attached hydrogen (secondary N) is 1. The van der Waals surface area contributed by atoms with Crippen LogP contribution >= 0.6 is 15.9 Å². The van der Waals surface area contributed by atoms with Gasteiger partial charge in [-0.2, -0.15) is 13.2 Å². The van der Waals surface area contributed by atoms with Crippen LogP contribution in [0.5, 0.6) is 0 Å². The average Bonchev–Trinajstić information content (AvgIpc) is 2.25. The van der Waals surface area contributed by atoms with Crippen LogP contribution in [0.25, 0.3) is 0 Å². The van der Waals surface area contributed by atoms with Gasteiger partial charge in [-0.15, -0.1) is 0 Å². The first-order valence-electron chi connectivity index (χ1n) is 5.91. The maximum atomic E-state index is 12.7. The molecule has 0 atom stereocenters. The highest BCUT2D eigenvalue weighted by atomic mass is 79.9. The fourth-order valence-electron chi connectivity index (χ4n) is 2.10. The molecule has 1 saturated carbocycles. The summed E-state index contributed by atoms with van der Waals surface area (Å²) < 4.78 is 38.0. The van der Waals surface area contributed by atoms with Crippen LogP contribution in [0.3, 0.4) is 0 Å². The number of hydrogen-bond donors (Lipinski definition) is 1. The highest BCUT2D eigenvalue weighted by Gasteiger charge is 2.36. The first-order chi connectivity index (χ1) is 8.73. The molecule has 0 unspecified atom stereocenters. The Kier molecular flexibility index (Phi) is 3.64. The predicted molar refractivity (Wildman–Crippen MR) is 68.9 cm³/mol. The summed E-state index contributed by atoms with van der Waals surface area (Å²) in [7, 11) is 0. The minimum Gasteiger partial charge on any atom is -0.347 e. The number of hydrogen-bond acceptors (Lipinski definition) is 1. The minimum absolute atomic E-state index is 0.0166. The lowest BCUT2D eigenvalue weighted by atomic mass is 9.78. The second-order valence-electron chi connectivity index (χ2n) is 5.03. The van der Waals surface area contributed by atoms with Gasteiger partial charge in [0, 0.05) is 10.0 Å². The molecule has 2 rings (SSSR count). The Morgan fingerprint density at radius 1 is 1.37 bits per heavy atom. The Labute approximate surface area is 117 Å². The molecular weight excluding hydrogens is 323 g/mol. The second kappa shape index (κ2) is 4.81. The summed E-state index contributed by atoms with van der Waals surface area (Å²) in [6.45, 7) is 1.90. The van der Waals surface area contributed by atoms with Crippen LogP contribution in [-0.4, -0.2) is 11.4 Å². The maximum Gasteiger partial charge on any atom is 0.417 e. The molecule has 0 aliphatic heterocycles. The first-order valence-corrected chi connectivity index (χ1v) is 6.70. The van der Waals surface area contributed by atoms with Gasteiger partial charge in [-0.25, -0.2) is 0 Å². The summed E-state index contributed by atoms with van der Waals surface area (Å²) in [6.07, 6.45) is -1.74. The van der Waals surface area contributed by atoms with E-state index in [9.17, 15) is 18.0 Å². The lowest BCUT2D eigenvalue weighted by Crippen LogP contribution is -2.51. The van der Waals surface area contributed by atoms with Gasteiger partial charge in [0.2, 0.25) is 0 Å². The van der Waals surface area contributed by atoms with Crippen molar-refractivity contribution in [1.82, 2.24) is 5.32 Å². The molecule has 1 fully saturated rings. The fourth-order valence-corrected chi connectivity index (χ4v) is 2.77. The quantitative estimate of drug-likeness (QED) is 0.864. The Bertz CT molecular complexity index is 509. The minimum atomic E-state index is -4.48. The lowest BCUT2D eigenvalue weighted by molar-refractivity contribution is -0.138. The van der Waals surface area contributed by atoms with Crippen molar-refractivity contribution in [3.8, 4) is 0 Å². The van der Waals surface area contributed by atoms with Gasteiger partial charge in [0.15, 0.2) is 0 Å². The lowest BCUT2D eigenvalue weighted by Gasteiger charge is -2.39. The summed E-state index contributed by atoms with van der Waals surface area (Å²) in [4.78, 5) is 12.0. The molecule has 1 amide bonds. The summed E-state index contributed by atoms with van der Waals surface area (Å²) >= 11 is 2.88. The van der Waals surface area contributed by atoms with E-state index in [0.717, 1.165) is 25.3 Å². The van der Waals surface area contributed by atoms with Crippen LogP contribution < -0.4 is 5.32 Å². The highest BCUT2D eigenvalue weighted by molar-refractivity contribution is 9.10. The van der Waals surface area contributed by atoms with E-state index >= 15 is 0 Å². The predicted octanol–water partition coefficient (Wildman–Crippen LogP) is 4.14. The van der Waals surface area contributed by atoms with Crippen molar-refractivity contribution < 1.29 is 18.0 Å². The van der Waals surface area contributed by atoms with Gasteiger partial charge >= 0.3 is 6.18 Å². The van der Waals surface area contributed by atoms with E-state index in [1.807, 2.05) is 6.92 Å². The van der Waals surface area contributed by atoms with E-state index in [-0.39, 0.29) is 15.6 Å². The second-order valence-corrected chi connectivity index (χ2v) is 5.83. The van der Waals surface area contributed by atoms with Crippen molar-refractivity contribution in [3.63, 3.8) is 0 Å². The van der Waals surface area contributed by atoms with Crippen LogP contribution in [-0.2, 0) is 6.18 Å². The smallest absolute Gasteiger partial charge is 0.347 e. The monoisotopic (exact) mass is 335 g/mol. The van der Waals surface area contributed by atoms with E-state index in [4.69, 9.17) is 0 Å². The van der Waals surface area contributed by atoms with Crippen LogP contribution in [0, 0.1) is 0 Å². The van der Waals surface area contributed by atoms with Crippen LogP contribution in [0.1, 0.15) is 42.1 Å². The molecule has 19 heavy (non-hydrogen) atoms. The fraction of sp³-hybridized carbons (Fsp3) is 0.462. The molecule has 0 spiro atoms. The van der Waals surface area contributed by atoms with Gasteiger partial charge in [0.1, 0.15) is 0 Å². The number of rotatable bonds is 2. The molecular formula is C13H13BrF3NO. The molecule has 104 valence electrons. The molecule has 1 aromatic rings. The summed E-state index contributed by atoms with van der Waals surface area (Å²) in [5.41, 5.74) is -1.10. The van der Waals surface area contributed by atoms with Crippen LogP contribution in [0.2, 0.25) is 0 Å². The zero-order chi connectivity index (χ0) is 14.3. The molecule has 0 radical (unpaired) electrons. The van der Waals surface area contributed by atoms with E-state index in [0.29, 0.717) is 0 Å². The number of alkyl halides is 3. The van der Waals surface area contributed by atoms with E-state index in [1.165, 1.54) is 12.1 Å². The SMILES string of the molecule is CC1(NC(=O)c2cccc(C(F)(F)F)c2Br)CCC1. The van der Waals surface area contributed by atoms with E-state index in [2.05, 4.69) is 21.2 Å². The molecule has 2 nitrogen and oxygen atoms in total. The first kappa shape index (κ1) is 14.4. The van der Waals surface area contributed by atoms with Crippen molar-refractivity contribution in [3.05, 3.63) is 33.8 Å². The number of halogens is 4. The molecule has 0 saturated heterocycles. The normalized spacial score (nSPS) is 17.7. The number of amides is 1. The summed E-state index contributed by atoms with van der Waals surface area (Å²) in [5.74, 6) is -0.472. The highest BCUT2D eigenvalue weighted by Crippen LogP contribution is 2.37. The zero-order valence-corrected chi connectivity index (χ0v) is 11.9. The molecule has 1 aliphatic rings. The third-order valence-corrected chi connectivity index (χ3v) is 4.28. The average molecular weight is 336 g/mol. The Balaban J connectivity index is 2.27. The van der Waals surface area contributed by atoms with Crippen molar-refractivity contribution in [2.24, 2.45) is 0 Å². The van der Waals surface area contributed by atoms with Gasteiger partial charge < -0.3 is 5.32 Å². The molecule has 1 aliphatic carbocycles.